The Morgan fingerprint density at radius 1 is 1.14 bits per heavy atom. The number of hydrogen-bond acceptors (Lipinski definition) is 6. The molecular formula is C21H22N2O3S2. The molecule has 0 unspecified atom stereocenters. The van der Waals surface area contributed by atoms with Crippen molar-refractivity contribution in [3.05, 3.63) is 58.4 Å². The predicted octanol–water partition coefficient (Wildman–Crippen LogP) is 5.57. The zero-order chi connectivity index (χ0) is 20.1. The quantitative estimate of drug-likeness (QED) is 0.513. The van der Waals surface area contributed by atoms with E-state index in [9.17, 15) is 9.59 Å². The summed E-state index contributed by atoms with van der Waals surface area (Å²) in [5.74, 6) is -0.644. The van der Waals surface area contributed by atoms with E-state index < -0.39 is 12.1 Å². The van der Waals surface area contributed by atoms with Crippen LogP contribution < -0.4 is 5.32 Å². The number of esters is 1. The van der Waals surface area contributed by atoms with Crippen molar-refractivity contribution in [2.45, 2.75) is 39.2 Å². The van der Waals surface area contributed by atoms with E-state index in [1.165, 1.54) is 11.3 Å². The van der Waals surface area contributed by atoms with Crippen LogP contribution in [-0.2, 0) is 9.53 Å². The Morgan fingerprint density at radius 2 is 1.93 bits per heavy atom. The number of amides is 1. The van der Waals surface area contributed by atoms with Gasteiger partial charge in [-0.05, 0) is 42.3 Å². The van der Waals surface area contributed by atoms with Crippen molar-refractivity contribution < 1.29 is 14.3 Å². The lowest BCUT2D eigenvalue weighted by molar-refractivity contribution is -0.123. The van der Waals surface area contributed by atoms with Gasteiger partial charge in [-0.2, -0.15) is 0 Å². The molecule has 2 aromatic heterocycles. The number of ether oxygens (including phenoxy) is 1. The van der Waals surface area contributed by atoms with Crippen LogP contribution in [0.15, 0.2) is 47.2 Å². The molecule has 0 fully saturated rings. The number of hydrogen-bond donors (Lipinski definition) is 1. The Balaban J connectivity index is 1.64. The number of carbonyl (C=O) groups is 2. The molecule has 28 heavy (non-hydrogen) atoms. The maximum atomic E-state index is 12.5. The summed E-state index contributed by atoms with van der Waals surface area (Å²) in [6.45, 7) is 5.78. The van der Waals surface area contributed by atoms with Gasteiger partial charge in [0.25, 0.3) is 5.91 Å². The first-order valence-corrected chi connectivity index (χ1v) is 10.9. The number of nitrogens with zero attached hydrogens (tertiary/aromatic N) is 1. The van der Waals surface area contributed by atoms with Gasteiger partial charge >= 0.3 is 5.97 Å². The van der Waals surface area contributed by atoms with Crippen LogP contribution in [0.3, 0.4) is 0 Å². The van der Waals surface area contributed by atoms with Crippen LogP contribution in [-0.4, -0.2) is 23.0 Å². The second kappa shape index (κ2) is 9.12. The number of thiazole rings is 1. The van der Waals surface area contributed by atoms with E-state index in [0.29, 0.717) is 5.92 Å². The van der Waals surface area contributed by atoms with Crippen molar-refractivity contribution in [2.75, 3.05) is 5.32 Å². The lowest BCUT2D eigenvalue weighted by Gasteiger charge is -2.18. The summed E-state index contributed by atoms with van der Waals surface area (Å²) in [5, 5.41) is 7.25. The highest BCUT2D eigenvalue weighted by Gasteiger charge is 2.22. The molecule has 0 radical (unpaired) electrons. The minimum absolute atomic E-state index is 0.216. The van der Waals surface area contributed by atoms with Crippen LogP contribution in [0.2, 0.25) is 0 Å². The average Bonchev–Trinajstić information content (AvgIpc) is 3.39. The molecule has 3 aromatic rings. The van der Waals surface area contributed by atoms with E-state index in [4.69, 9.17) is 4.74 Å². The predicted molar refractivity (Wildman–Crippen MR) is 114 cm³/mol. The SMILES string of the molecule is CC[C@H](C)c1ccccc1NC(=O)[C@H](C)OC(=O)c1csc(-c2cccs2)n1. The Kier molecular flexibility index (Phi) is 6.59. The average molecular weight is 415 g/mol. The van der Waals surface area contributed by atoms with Crippen LogP contribution in [0.4, 0.5) is 5.69 Å². The topological polar surface area (TPSA) is 68.3 Å². The molecule has 5 nitrogen and oxygen atoms in total. The van der Waals surface area contributed by atoms with Crippen molar-refractivity contribution in [3.63, 3.8) is 0 Å². The number of benzene rings is 1. The fraction of sp³-hybridized carbons (Fsp3) is 0.286. The second-order valence-electron chi connectivity index (χ2n) is 6.45. The Hall–Kier alpha value is -2.51. The first kappa shape index (κ1) is 20.2. The highest BCUT2D eigenvalue weighted by Crippen LogP contribution is 2.28. The smallest absolute Gasteiger partial charge is 0.358 e. The molecule has 1 amide bonds. The monoisotopic (exact) mass is 414 g/mol. The molecule has 1 N–H and O–H groups in total. The van der Waals surface area contributed by atoms with Crippen LogP contribution in [0.5, 0.6) is 0 Å². The van der Waals surface area contributed by atoms with Gasteiger partial charge in [-0.15, -0.1) is 22.7 Å². The van der Waals surface area contributed by atoms with Gasteiger partial charge < -0.3 is 10.1 Å². The number of aromatic nitrogens is 1. The Bertz CT molecular complexity index is 950. The molecule has 0 aliphatic heterocycles. The Labute approximate surface area is 172 Å². The zero-order valence-corrected chi connectivity index (χ0v) is 17.6. The summed E-state index contributed by atoms with van der Waals surface area (Å²) in [6.07, 6.45) is 0.0396. The molecule has 146 valence electrons. The van der Waals surface area contributed by atoms with Gasteiger partial charge in [-0.1, -0.05) is 38.1 Å². The number of para-hydroxylation sites is 1. The van der Waals surface area contributed by atoms with Gasteiger partial charge in [-0.25, -0.2) is 9.78 Å². The molecule has 0 aliphatic carbocycles. The number of carbonyl (C=O) groups excluding carboxylic acids is 2. The normalized spacial score (nSPS) is 13.0. The molecule has 0 spiro atoms. The van der Waals surface area contributed by atoms with E-state index >= 15 is 0 Å². The largest absolute Gasteiger partial charge is 0.448 e. The summed E-state index contributed by atoms with van der Waals surface area (Å²) >= 11 is 2.94. The summed E-state index contributed by atoms with van der Waals surface area (Å²) in [4.78, 5) is 30.2. The van der Waals surface area contributed by atoms with Crippen molar-refractivity contribution in [3.8, 4) is 9.88 Å². The highest BCUT2D eigenvalue weighted by atomic mass is 32.1. The highest BCUT2D eigenvalue weighted by molar-refractivity contribution is 7.20. The van der Waals surface area contributed by atoms with Gasteiger partial charge in [-0.3, -0.25) is 4.79 Å². The first-order valence-electron chi connectivity index (χ1n) is 9.09. The maximum Gasteiger partial charge on any atom is 0.358 e. The number of anilines is 1. The van der Waals surface area contributed by atoms with Crippen LogP contribution in [0.25, 0.3) is 9.88 Å². The second-order valence-corrected chi connectivity index (χ2v) is 8.25. The molecule has 3 rings (SSSR count). The lowest BCUT2D eigenvalue weighted by Crippen LogP contribution is -2.30. The third kappa shape index (κ3) is 4.66. The standard InChI is InChI=1S/C21H22N2O3S2/c1-4-13(2)15-8-5-6-9-16(15)22-19(24)14(3)26-21(25)17-12-28-20(23-17)18-10-7-11-27-18/h5-14H,4H2,1-3H3,(H,22,24)/t13-,14-/m0/s1. The first-order chi connectivity index (χ1) is 13.5. The maximum absolute atomic E-state index is 12.5. The summed E-state index contributed by atoms with van der Waals surface area (Å²) < 4.78 is 5.32. The molecule has 2 heterocycles. The minimum Gasteiger partial charge on any atom is -0.448 e. The molecular weight excluding hydrogens is 392 g/mol. The van der Waals surface area contributed by atoms with E-state index in [0.717, 1.165) is 27.6 Å². The fourth-order valence-corrected chi connectivity index (χ4v) is 4.25. The van der Waals surface area contributed by atoms with Crippen molar-refractivity contribution >= 4 is 40.2 Å². The van der Waals surface area contributed by atoms with Gasteiger partial charge in [0.05, 0.1) is 4.88 Å². The van der Waals surface area contributed by atoms with Gasteiger partial charge in [0, 0.05) is 11.1 Å². The van der Waals surface area contributed by atoms with Crippen molar-refractivity contribution in [2.24, 2.45) is 0 Å². The van der Waals surface area contributed by atoms with Crippen molar-refractivity contribution in [1.82, 2.24) is 4.98 Å². The summed E-state index contributed by atoms with van der Waals surface area (Å²) in [5.41, 5.74) is 2.03. The fourth-order valence-electron chi connectivity index (χ4n) is 2.65. The van der Waals surface area contributed by atoms with E-state index in [-0.39, 0.29) is 11.6 Å². The Morgan fingerprint density at radius 3 is 2.64 bits per heavy atom. The third-order valence-electron chi connectivity index (χ3n) is 4.46. The molecule has 0 saturated heterocycles. The van der Waals surface area contributed by atoms with E-state index in [1.54, 1.807) is 23.6 Å². The van der Waals surface area contributed by atoms with Crippen LogP contribution >= 0.6 is 22.7 Å². The van der Waals surface area contributed by atoms with Gasteiger partial charge in [0.1, 0.15) is 5.01 Å². The van der Waals surface area contributed by atoms with Gasteiger partial charge in [0.15, 0.2) is 11.8 Å². The van der Waals surface area contributed by atoms with E-state index in [2.05, 4.69) is 24.1 Å². The zero-order valence-electron chi connectivity index (χ0n) is 16.0. The number of rotatable bonds is 7. The molecule has 1 aromatic carbocycles. The van der Waals surface area contributed by atoms with Crippen LogP contribution in [0.1, 0.15) is 49.2 Å². The summed E-state index contributed by atoms with van der Waals surface area (Å²) in [7, 11) is 0. The molecule has 2 atom stereocenters. The molecule has 0 saturated carbocycles. The van der Waals surface area contributed by atoms with Crippen LogP contribution in [0, 0.1) is 0 Å². The minimum atomic E-state index is -0.927. The molecule has 7 heteroatoms. The van der Waals surface area contributed by atoms with Gasteiger partial charge in [0.2, 0.25) is 0 Å². The number of nitrogens with one attached hydrogen (secondary N) is 1. The summed E-state index contributed by atoms with van der Waals surface area (Å²) in [6, 6.07) is 11.6. The lowest BCUT2D eigenvalue weighted by atomic mass is 9.97. The third-order valence-corrected chi connectivity index (χ3v) is 6.34. The molecule has 0 aliphatic rings. The van der Waals surface area contributed by atoms with E-state index in [1.807, 2.05) is 41.8 Å². The number of thiophene rings is 1. The molecule has 0 bridgehead atoms. The van der Waals surface area contributed by atoms with Crippen molar-refractivity contribution in [1.29, 1.82) is 0 Å².